The van der Waals surface area contributed by atoms with E-state index in [-0.39, 0.29) is 23.1 Å². The second-order valence-corrected chi connectivity index (χ2v) is 5.33. The Kier molecular flexibility index (Phi) is 5.32. The number of carbonyl (C=O) groups excluding carboxylic acids is 1. The summed E-state index contributed by atoms with van der Waals surface area (Å²) in [5, 5.41) is 12.0. The minimum absolute atomic E-state index is 0.0131. The summed E-state index contributed by atoms with van der Waals surface area (Å²) in [5.41, 5.74) is 0.116. The number of nitrogens with one attached hydrogen (secondary N) is 1. The van der Waals surface area contributed by atoms with Crippen molar-refractivity contribution in [3.63, 3.8) is 0 Å². The van der Waals surface area contributed by atoms with Crippen LogP contribution in [0.4, 0.5) is 4.39 Å². The monoisotopic (exact) mass is 287 g/mol. The maximum atomic E-state index is 13.3. The van der Waals surface area contributed by atoms with Gasteiger partial charge in [-0.05, 0) is 44.4 Å². The highest BCUT2D eigenvalue weighted by molar-refractivity contribution is 6.33. The Morgan fingerprint density at radius 2 is 2.16 bits per heavy atom. The van der Waals surface area contributed by atoms with Gasteiger partial charge in [-0.2, -0.15) is 0 Å². The second-order valence-electron chi connectivity index (χ2n) is 4.92. The summed E-state index contributed by atoms with van der Waals surface area (Å²) < 4.78 is 13.3. The van der Waals surface area contributed by atoms with Gasteiger partial charge in [-0.3, -0.25) is 4.79 Å². The minimum atomic E-state index is -0.503. The fourth-order valence-electron chi connectivity index (χ4n) is 1.75. The Balaban J connectivity index is 2.98. The third-order valence-electron chi connectivity index (χ3n) is 3.35. The average molecular weight is 288 g/mol. The summed E-state index contributed by atoms with van der Waals surface area (Å²) in [6.07, 6.45) is 1.13. The van der Waals surface area contributed by atoms with Crippen LogP contribution in [-0.4, -0.2) is 23.2 Å². The predicted molar refractivity (Wildman–Crippen MR) is 74.0 cm³/mol. The van der Waals surface area contributed by atoms with Gasteiger partial charge in [-0.25, -0.2) is 4.39 Å². The molecule has 0 saturated heterocycles. The van der Waals surface area contributed by atoms with Gasteiger partial charge in [-0.1, -0.05) is 18.5 Å². The van der Waals surface area contributed by atoms with E-state index in [4.69, 9.17) is 16.7 Å². The molecule has 0 spiro atoms. The standard InChI is InChI=1S/C14H19ClFNO2/c1-4-14(3,5-6-18)17-13(19)10-7-9(2)12(16)8-11(10)15/h7-8,18H,4-6H2,1-3H3,(H,17,19). The van der Waals surface area contributed by atoms with Crippen molar-refractivity contribution >= 4 is 17.5 Å². The van der Waals surface area contributed by atoms with Crippen molar-refractivity contribution in [1.29, 1.82) is 0 Å². The van der Waals surface area contributed by atoms with Gasteiger partial charge in [0.05, 0.1) is 10.6 Å². The Morgan fingerprint density at radius 3 is 2.68 bits per heavy atom. The molecule has 3 nitrogen and oxygen atoms in total. The molecule has 2 N–H and O–H groups in total. The van der Waals surface area contributed by atoms with Gasteiger partial charge in [0.15, 0.2) is 0 Å². The average Bonchev–Trinajstić information content (AvgIpc) is 2.33. The number of benzene rings is 1. The summed E-state index contributed by atoms with van der Waals surface area (Å²) in [5.74, 6) is -0.791. The molecule has 0 aliphatic rings. The van der Waals surface area contributed by atoms with Crippen LogP contribution in [0.5, 0.6) is 0 Å². The Hall–Kier alpha value is -1.13. The van der Waals surface area contributed by atoms with E-state index in [1.54, 1.807) is 6.92 Å². The van der Waals surface area contributed by atoms with Crippen LogP contribution in [0.2, 0.25) is 5.02 Å². The lowest BCUT2D eigenvalue weighted by Gasteiger charge is -2.29. The molecule has 19 heavy (non-hydrogen) atoms. The summed E-state index contributed by atoms with van der Waals surface area (Å²) in [6.45, 7) is 5.34. The Bertz CT molecular complexity index is 479. The van der Waals surface area contributed by atoms with Gasteiger partial charge in [0.2, 0.25) is 0 Å². The van der Waals surface area contributed by atoms with Crippen LogP contribution in [0.25, 0.3) is 0 Å². The zero-order valence-electron chi connectivity index (χ0n) is 11.4. The van der Waals surface area contributed by atoms with Gasteiger partial charge in [0.25, 0.3) is 5.91 Å². The molecule has 0 aliphatic heterocycles. The highest BCUT2D eigenvalue weighted by atomic mass is 35.5. The number of hydrogen-bond donors (Lipinski definition) is 2. The third-order valence-corrected chi connectivity index (χ3v) is 3.66. The molecule has 1 amide bonds. The lowest BCUT2D eigenvalue weighted by Crippen LogP contribution is -2.46. The van der Waals surface area contributed by atoms with Crippen LogP contribution in [0.1, 0.15) is 42.6 Å². The zero-order chi connectivity index (χ0) is 14.6. The van der Waals surface area contributed by atoms with Crippen LogP contribution >= 0.6 is 11.6 Å². The highest BCUT2D eigenvalue weighted by Crippen LogP contribution is 2.22. The van der Waals surface area contributed by atoms with E-state index in [0.29, 0.717) is 18.4 Å². The lowest BCUT2D eigenvalue weighted by molar-refractivity contribution is 0.0886. The predicted octanol–water partition coefficient (Wildman–Crippen LogP) is 3.07. The fraction of sp³-hybridized carbons (Fsp3) is 0.500. The number of aliphatic hydroxyl groups is 1. The van der Waals surface area contributed by atoms with Crippen LogP contribution in [0, 0.1) is 12.7 Å². The number of hydrogen-bond acceptors (Lipinski definition) is 2. The van der Waals surface area contributed by atoms with Crippen molar-refractivity contribution in [3.8, 4) is 0 Å². The quantitative estimate of drug-likeness (QED) is 0.874. The Labute approximate surface area is 117 Å². The molecule has 1 rings (SSSR count). The van der Waals surface area contributed by atoms with Crippen molar-refractivity contribution in [2.24, 2.45) is 0 Å². The molecule has 1 aromatic carbocycles. The number of amides is 1. The molecule has 1 unspecified atom stereocenters. The molecule has 106 valence electrons. The van der Waals surface area contributed by atoms with Crippen LogP contribution in [0.15, 0.2) is 12.1 Å². The van der Waals surface area contributed by atoms with E-state index in [9.17, 15) is 9.18 Å². The smallest absolute Gasteiger partial charge is 0.253 e. The summed E-state index contributed by atoms with van der Waals surface area (Å²) in [4.78, 5) is 12.2. The van der Waals surface area contributed by atoms with Crippen LogP contribution < -0.4 is 5.32 Å². The summed E-state index contributed by atoms with van der Waals surface area (Å²) in [6, 6.07) is 2.57. The first-order valence-electron chi connectivity index (χ1n) is 6.22. The first kappa shape index (κ1) is 15.9. The van der Waals surface area contributed by atoms with E-state index in [0.717, 1.165) is 6.07 Å². The molecule has 0 saturated carbocycles. The van der Waals surface area contributed by atoms with Crippen molar-refractivity contribution < 1.29 is 14.3 Å². The number of carbonyl (C=O) groups is 1. The number of rotatable bonds is 5. The molecule has 0 heterocycles. The minimum Gasteiger partial charge on any atom is -0.396 e. The normalized spacial score (nSPS) is 14.0. The van der Waals surface area contributed by atoms with E-state index in [2.05, 4.69) is 5.32 Å². The molecular formula is C14H19ClFNO2. The maximum absolute atomic E-state index is 13.3. The van der Waals surface area contributed by atoms with E-state index < -0.39 is 11.4 Å². The maximum Gasteiger partial charge on any atom is 0.253 e. The molecule has 5 heteroatoms. The number of halogens is 2. The van der Waals surface area contributed by atoms with E-state index in [1.807, 2.05) is 13.8 Å². The van der Waals surface area contributed by atoms with E-state index in [1.165, 1.54) is 6.07 Å². The van der Waals surface area contributed by atoms with Gasteiger partial charge >= 0.3 is 0 Å². The third kappa shape index (κ3) is 3.91. The molecule has 1 aromatic rings. The highest BCUT2D eigenvalue weighted by Gasteiger charge is 2.25. The van der Waals surface area contributed by atoms with Gasteiger partial charge in [0.1, 0.15) is 5.82 Å². The summed E-state index contributed by atoms with van der Waals surface area (Å²) >= 11 is 5.90. The largest absolute Gasteiger partial charge is 0.396 e. The van der Waals surface area contributed by atoms with Gasteiger partial charge < -0.3 is 10.4 Å². The van der Waals surface area contributed by atoms with Crippen molar-refractivity contribution in [1.82, 2.24) is 5.32 Å². The molecule has 0 bridgehead atoms. The molecule has 0 radical (unpaired) electrons. The molecule has 1 atom stereocenters. The van der Waals surface area contributed by atoms with Crippen molar-refractivity contribution in [2.45, 2.75) is 39.2 Å². The van der Waals surface area contributed by atoms with Gasteiger partial charge in [0, 0.05) is 12.1 Å². The van der Waals surface area contributed by atoms with Crippen molar-refractivity contribution in [3.05, 3.63) is 34.1 Å². The fourth-order valence-corrected chi connectivity index (χ4v) is 1.98. The zero-order valence-corrected chi connectivity index (χ0v) is 12.1. The number of aliphatic hydroxyl groups excluding tert-OH is 1. The molecular weight excluding hydrogens is 269 g/mol. The van der Waals surface area contributed by atoms with Crippen LogP contribution in [0.3, 0.4) is 0 Å². The Morgan fingerprint density at radius 1 is 1.53 bits per heavy atom. The van der Waals surface area contributed by atoms with Crippen molar-refractivity contribution in [2.75, 3.05) is 6.61 Å². The first-order chi connectivity index (χ1) is 8.83. The second kappa shape index (κ2) is 6.35. The number of aryl methyl sites for hydroxylation is 1. The topological polar surface area (TPSA) is 49.3 Å². The molecule has 0 aromatic heterocycles. The molecule has 0 aliphatic carbocycles. The molecule has 0 fully saturated rings. The van der Waals surface area contributed by atoms with E-state index >= 15 is 0 Å². The van der Waals surface area contributed by atoms with Gasteiger partial charge in [-0.15, -0.1) is 0 Å². The SMILES string of the molecule is CCC(C)(CCO)NC(=O)c1cc(C)c(F)cc1Cl. The summed E-state index contributed by atoms with van der Waals surface area (Å²) in [7, 11) is 0. The first-order valence-corrected chi connectivity index (χ1v) is 6.60. The lowest BCUT2D eigenvalue weighted by atomic mass is 9.94. The van der Waals surface area contributed by atoms with Crippen LogP contribution in [-0.2, 0) is 0 Å².